The summed E-state index contributed by atoms with van der Waals surface area (Å²) in [4.78, 5) is 24.4. The molecule has 1 heterocycles. The van der Waals surface area contributed by atoms with E-state index >= 15 is 0 Å². The molecule has 0 saturated carbocycles. The van der Waals surface area contributed by atoms with Gasteiger partial charge < -0.3 is 15.5 Å². The lowest BCUT2D eigenvalue weighted by Crippen LogP contribution is -2.49. The van der Waals surface area contributed by atoms with Gasteiger partial charge in [-0.1, -0.05) is 13.3 Å². The highest BCUT2D eigenvalue weighted by Gasteiger charge is 2.22. The van der Waals surface area contributed by atoms with Gasteiger partial charge in [0.25, 0.3) is 0 Å². The molecule has 1 aliphatic rings. The number of carbonyl (C=O) groups excluding carboxylic acids is 2. The van der Waals surface area contributed by atoms with Gasteiger partial charge in [-0.15, -0.1) is 0 Å². The van der Waals surface area contributed by atoms with E-state index in [2.05, 4.69) is 17.6 Å². The standard InChI is InChI=1S/C12H23N3O2/c1-3-4-7-13-11(16)8-14-10-5-6-12(17)15(2)9-10/h10,14H,3-9H2,1-2H3,(H,13,16). The Morgan fingerprint density at radius 3 is 2.94 bits per heavy atom. The van der Waals surface area contributed by atoms with Crippen LogP contribution in [0.1, 0.15) is 32.6 Å². The Morgan fingerprint density at radius 2 is 2.29 bits per heavy atom. The number of rotatable bonds is 6. The van der Waals surface area contributed by atoms with Crippen LogP contribution in [0.25, 0.3) is 0 Å². The molecule has 2 amide bonds. The third kappa shape index (κ3) is 5.17. The molecule has 1 unspecified atom stereocenters. The van der Waals surface area contributed by atoms with E-state index in [0.29, 0.717) is 19.5 Å². The van der Waals surface area contributed by atoms with Crippen molar-refractivity contribution in [3.63, 3.8) is 0 Å². The summed E-state index contributed by atoms with van der Waals surface area (Å²) in [6, 6.07) is 0.245. The molecule has 17 heavy (non-hydrogen) atoms. The van der Waals surface area contributed by atoms with Crippen molar-refractivity contribution < 1.29 is 9.59 Å². The quantitative estimate of drug-likeness (QED) is 0.649. The second-order valence-corrected chi connectivity index (χ2v) is 4.59. The zero-order valence-electron chi connectivity index (χ0n) is 10.8. The molecule has 1 atom stereocenters. The zero-order valence-corrected chi connectivity index (χ0v) is 10.8. The Labute approximate surface area is 103 Å². The van der Waals surface area contributed by atoms with Crippen LogP contribution in [0.5, 0.6) is 0 Å². The maximum Gasteiger partial charge on any atom is 0.233 e. The van der Waals surface area contributed by atoms with Crippen LogP contribution >= 0.6 is 0 Å². The second kappa shape index (κ2) is 7.27. The van der Waals surface area contributed by atoms with Gasteiger partial charge in [0.15, 0.2) is 0 Å². The highest BCUT2D eigenvalue weighted by Crippen LogP contribution is 2.08. The number of hydrogen-bond acceptors (Lipinski definition) is 3. The molecule has 2 N–H and O–H groups in total. The Balaban J connectivity index is 2.13. The summed E-state index contributed by atoms with van der Waals surface area (Å²) in [6.07, 6.45) is 3.51. The predicted molar refractivity (Wildman–Crippen MR) is 66.6 cm³/mol. The summed E-state index contributed by atoms with van der Waals surface area (Å²) in [5.74, 6) is 0.230. The van der Waals surface area contributed by atoms with Gasteiger partial charge in [-0.25, -0.2) is 0 Å². The zero-order chi connectivity index (χ0) is 12.7. The molecule has 5 heteroatoms. The van der Waals surface area contributed by atoms with Crippen molar-refractivity contribution in [2.75, 3.05) is 26.7 Å². The van der Waals surface area contributed by atoms with Crippen LogP contribution in [0.3, 0.4) is 0 Å². The van der Waals surface area contributed by atoms with Crippen LogP contribution in [0, 0.1) is 0 Å². The van der Waals surface area contributed by atoms with E-state index in [1.165, 1.54) is 0 Å². The number of amides is 2. The van der Waals surface area contributed by atoms with Crippen molar-refractivity contribution in [1.82, 2.24) is 15.5 Å². The molecule has 0 aromatic heterocycles. The van der Waals surface area contributed by atoms with Gasteiger partial charge in [0.2, 0.25) is 11.8 Å². The molecule has 1 fully saturated rings. The summed E-state index contributed by atoms with van der Waals surface area (Å²) >= 11 is 0. The monoisotopic (exact) mass is 241 g/mol. The fraction of sp³-hybridized carbons (Fsp3) is 0.833. The van der Waals surface area contributed by atoms with Gasteiger partial charge in [-0.05, 0) is 12.8 Å². The first-order chi connectivity index (χ1) is 8.13. The number of nitrogens with one attached hydrogen (secondary N) is 2. The molecule has 5 nitrogen and oxygen atoms in total. The third-order valence-corrected chi connectivity index (χ3v) is 3.03. The molecule has 0 bridgehead atoms. The van der Waals surface area contributed by atoms with Crippen LogP contribution in [0.15, 0.2) is 0 Å². The number of hydrogen-bond donors (Lipinski definition) is 2. The third-order valence-electron chi connectivity index (χ3n) is 3.03. The number of unbranched alkanes of at least 4 members (excludes halogenated alkanes) is 1. The molecule has 1 saturated heterocycles. The van der Waals surface area contributed by atoms with E-state index in [4.69, 9.17) is 0 Å². The normalized spacial score (nSPS) is 20.5. The smallest absolute Gasteiger partial charge is 0.233 e. The molecule has 98 valence electrons. The van der Waals surface area contributed by atoms with Crippen molar-refractivity contribution in [3.05, 3.63) is 0 Å². The summed E-state index contributed by atoms with van der Waals surface area (Å²) in [5, 5.41) is 6.05. The first-order valence-electron chi connectivity index (χ1n) is 6.37. The minimum Gasteiger partial charge on any atom is -0.355 e. The second-order valence-electron chi connectivity index (χ2n) is 4.59. The van der Waals surface area contributed by atoms with E-state index in [0.717, 1.165) is 25.8 Å². The van der Waals surface area contributed by atoms with Crippen molar-refractivity contribution >= 4 is 11.8 Å². The lowest BCUT2D eigenvalue weighted by molar-refractivity contribution is -0.132. The Bertz CT molecular complexity index is 268. The molecule has 0 aliphatic carbocycles. The molecule has 0 aromatic rings. The Kier molecular flexibility index (Phi) is 5.97. The van der Waals surface area contributed by atoms with E-state index in [1.807, 2.05) is 0 Å². The van der Waals surface area contributed by atoms with Crippen molar-refractivity contribution in [2.45, 2.75) is 38.6 Å². The van der Waals surface area contributed by atoms with Crippen LogP contribution < -0.4 is 10.6 Å². The number of likely N-dealkylation sites (N-methyl/N-ethyl adjacent to an activating group) is 1. The molecular formula is C12H23N3O2. The topological polar surface area (TPSA) is 61.4 Å². The van der Waals surface area contributed by atoms with E-state index in [-0.39, 0.29) is 17.9 Å². The number of likely N-dealkylation sites (tertiary alicyclic amines) is 1. The fourth-order valence-corrected chi connectivity index (χ4v) is 1.88. The summed E-state index contributed by atoms with van der Waals surface area (Å²) in [7, 11) is 1.80. The van der Waals surface area contributed by atoms with Crippen molar-refractivity contribution in [3.8, 4) is 0 Å². The van der Waals surface area contributed by atoms with Crippen LogP contribution in [-0.2, 0) is 9.59 Å². The summed E-state index contributed by atoms with van der Waals surface area (Å²) in [6.45, 7) is 3.89. The average Bonchev–Trinajstić information content (AvgIpc) is 2.31. The predicted octanol–water partition coefficient (Wildman–Crippen LogP) is 0.113. The van der Waals surface area contributed by atoms with E-state index in [1.54, 1.807) is 11.9 Å². The van der Waals surface area contributed by atoms with E-state index in [9.17, 15) is 9.59 Å². The maximum atomic E-state index is 11.5. The van der Waals surface area contributed by atoms with Gasteiger partial charge in [-0.2, -0.15) is 0 Å². The Morgan fingerprint density at radius 1 is 1.53 bits per heavy atom. The SMILES string of the molecule is CCCCNC(=O)CNC1CCC(=O)N(C)C1. The first-order valence-corrected chi connectivity index (χ1v) is 6.37. The highest BCUT2D eigenvalue weighted by atomic mass is 16.2. The maximum absolute atomic E-state index is 11.5. The highest BCUT2D eigenvalue weighted by molar-refractivity contribution is 5.78. The largest absolute Gasteiger partial charge is 0.355 e. The molecule has 1 aliphatic heterocycles. The lowest BCUT2D eigenvalue weighted by Gasteiger charge is -2.30. The van der Waals surface area contributed by atoms with Crippen molar-refractivity contribution in [1.29, 1.82) is 0 Å². The minimum absolute atomic E-state index is 0.0398. The summed E-state index contributed by atoms with van der Waals surface area (Å²) < 4.78 is 0. The minimum atomic E-state index is 0.0398. The molecule has 0 aromatic carbocycles. The van der Waals surface area contributed by atoms with Gasteiger partial charge in [0, 0.05) is 32.6 Å². The average molecular weight is 241 g/mol. The van der Waals surface area contributed by atoms with Crippen molar-refractivity contribution in [2.24, 2.45) is 0 Å². The lowest BCUT2D eigenvalue weighted by atomic mass is 10.1. The molecular weight excluding hydrogens is 218 g/mol. The summed E-state index contributed by atoms with van der Waals surface area (Å²) in [5.41, 5.74) is 0. The van der Waals surface area contributed by atoms with Gasteiger partial charge in [0.1, 0.15) is 0 Å². The van der Waals surface area contributed by atoms with E-state index < -0.39 is 0 Å². The van der Waals surface area contributed by atoms with Gasteiger partial charge >= 0.3 is 0 Å². The molecule has 0 spiro atoms. The van der Waals surface area contributed by atoms with Crippen LogP contribution in [0.2, 0.25) is 0 Å². The molecule has 0 radical (unpaired) electrons. The first kappa shape index (κ1) is 14.0. The van der Waals surface area contributed by atoms with Gasteiger partial charge in [0.05, 0.1) is 6.54 Å². The van der Waals surface area contributed by atoms with Gasteiger partial charge in [-0.3, -0.25) is 9.59 Å². The number of nitrogens with zero attached hydrogens (tertiary/aromatic N) is 1. The Hall–Kier alpha value is -1.10. The fourth-order valence-electron chi connectivity index (χ4n) is 1.88. The number of carbonyl (C=O) groups is 2. The number of piperidine rings is 1. The molecule has 1 rings (SSSR count). The van der Waals surface area contributed by atoms with Crippen LogP contribution in [0.4, 0.5) is 0 Å². The van der Waals surface area contributed by atoms with Crippen LogP contribution in [-0.4, -0.2) is 49.4 Å².